The van der Waals surface area contributed by atoms with Crippen LogP contribution in [-0.4, -0.2) is 41.0 Å². The van der Waals surface area contributed by atoms with Gasteiger partial charge in [0.25, 0.3) is 6.43 Å². The zero-order valence-corrected chi connectivity index (χ0v) is 10.5. The third kappa shape index (κ3) is 3.63. The summed E-state index contributed by atoms with van der Waals surface area (Å²) in [7, 11) is 0. The van der Waals surface area contributed by atoms with Crippen molar-refractivity contribution in [3.8, 4) is 0 Å². The van der Waals surface area contributed by atoms with Gasteiger partial charge in [0.1, 0.15) is 0 Å². The lowest BCUT2D eigenvalue weighted by atomic mass is 10.1. The Morgan fingerprint density at radius 3 is 2.56 bits per heavy atom. The number of rotatable bonds is 4. The Bertz CT molecular complexity index is 398. The summed E-state index contributed by atoms with van der Waals surface area (Å²) in [5, 5.41) is 2.46. The van der Waals surface area contributed by atoms with Crippen LogP contribution in [0.1, 0.15) is 19.3 Å². The molecule has 5 nitrogen and oxygen atoms in total. The molecule has 0 amide bonds. The van der Waals surface area contributed by atoms with Crippen LogP contribution in [0.4, 0.5) is 20.7 Å². The van der Waals surface area contributed by atoms with Crippen LogP contribution in [0.15, 0.2) is 0 Å². The zero-order valence-electron chi connectivity index (χ0n) is 9.74. The molecule has 1 saturated heterocycles. The summed E-state index contributed by atoms with van der Waals surface area (Å²) >= 11 is 5.77. The second-order valence-corrected chi connectivity index (χ2v) is 4.39. The average Bonchev–Trinajstić information content (AvgIpc) is 2.37. The molecular formula is C10H14ClF2N5. The van der Waals surface area contributed by atoms with E-state index >= 15 is 0 Å². The van der Waals surface area contributed by atoms with Crippen molar-refractivity contribution < 1.29 is 8.78 Å². The number of nitrogens with zero attached hydrogens (tertiary/aromatic N) is 4. The maximum Gasteiger partial charge on any atom is 0.255 e. The Morgan fingerprint density at radius 2 is 1.89 bits per heavy atom. The lowest BCUT2D eigenvalue weighted by Crippen LogP contribution is -2.31. The summed E-state index contributed by atoms with van der Waals surface area (Å²) in [6, 6.07) is 0. The second-order valence-electron chi connectivity index (χ2n) is 4.05. The van der Waals surface area contributed by atoms with Crippen molar-refractivity contribution in [2.24, 2.45) is 0 Å². The molecule has 1 aromatic heterocycles. The highest BCUT2D eigenvalue weighted by Crippen LogP contribution is 2.18. The van der Waals surface area contributed by atoms with Crippen molar-refractivity contribution in [3.05, 3.63) is 5.28 Å². The monoisotopic (exact) mass is 277 g/mol. The van der Waals surface area contributed by atoms with Gasteiger partial charge in [-0.25, -0.2) is 8.78 Å². The summed E-state index contributed by atoms with van der Waals surface area (Å²) in [6.07, 6.45) is 0.872. The zero-order chi connectivity index (χ0) is 13.0. The van der Waals surface area contributed by atoms with E-state index in [9.17, 15) is 8.78 Å². The molecule has 2 heterocycles. The van der Waals surface area contributed by atoms with Crippen LogP contribution in [0.5, 0.6) is 0 Å². The molecule has 1 N–H and O–H groups in total. The van der Waals surface area contributed by atoms with E-state index in [4.69, 9.17) is 11.6 Å². The number of anilines is 2. The summed E-state index contributed by atoms with van der Waals surface area (Å²) < 4.78 is 24.2. The fourth-order valence-corrected chi connectivity index (χ4v) is 1.98. The van der Waals surface area contributed by atoms with E-state index in [2.05, 4.69) is 20.3 Å². The summed E-state index contributed by atoms with van der Waals surface area (Å²) in [6.45, 7) is 1.21. The van der Waals surface area contributed by atoms with Gasteiger partial charge in [0.05, 0.1) is 6.54 Å². The smallest absolute Gasteiger partial charge is 0.255 e. The second kappa shape index (κ2) is 6.08. The summed E-state index contributed by atoms with van der Waals surface area (Å²) in [5.41, 5.74) is 0. The van der Waals surface area contributed by atoms with E-state index in [0.717, 1.165) is 25.9 Å². The average molecular weight is 278 g/mol. The Balaban J connectivity index is 2.09. The molecule has 18 heavy (non-hydrogen) atoms. The minimum Gasteiger partial charge on any atom is -0.348 e. The van der Waals surface area contributed by atoms with Crippen molar-refractivity contribution in [1.29, 1.82) is 0 Å². The molecule has 0 atom stereocenters. The quantitative estimate of drug-likeness (QED) is 0.914. The highest BCUT2D eigenvalue weighted by molar-refractivity contribution is 6.28. The van der Waals surface area contributed by atoms with Crippen molar-refractivity contribution >= 4 is 23.5 Å². The van der Waals surface area contributed by atoms with Gasteiger partial charge in [0.2, 0.25) is 17.2 Å². The van der Waals surface area contributed by atoms with Gasteiger partial charge >= 0.3 is 0 Å². The number of hydrogen-bond acceptors (Lipinski definition) is 5. The molecular weight excluding hydrogens is 264 g/mol. The van der Waals surface area contributed by atoms with Gasteiger partial charge in [0, 0.05) is 13.1 Å². The number of hydrogen-bond donors (Lipinski definition) is 1. The molecule has 0 aromatic carbocycles. The lowest BCUT2D eigenvalue weighted by Gasteiger charge is -2.26. The van der Waals surface area contributed by atoms with E-state index in [1.54, 1.807) is 0 Å². The van der Waals surface area contributed by atoms with Crippen molar-refractivity contribution in [2.75, 3.05) is 29.9 Å². The Hall–Kier alpha value is -1.24. The minimum absolute atomic E-state index is 0.0161. The van der Waals surface area contributed by atoms with Crippen LogP contribution in [0, 0.1) is 0 Å². The number of nitrogens with one attached hydrogen (secondary N) is 1. The van der Waals surface area contributed by atoms with E-state index in [1.165, 1.54) is 6.42 Å². The highest BCUT2D eigenvalue weighted by Gasteiger charge is 2.16. The molecule has 1 aliphatic heterocycles. The standard InChI is InChI=1S/C10H14ClF2N5/c11-8-15-9(14-6-7(12)13)17-10(16-8)18-4-2-1-3-5-18/h7H,1-6H2,(H,14,15,16,17). The van der Waals surface area contributed by atoms with E-state index < -0.39 is 13.0 Å². The first-order valence-corrected chi connectivity index (χ1v) is 6.21. The van der Waals surface area contributed by atoms with Gasteiger partial charge < -0.3 is 10.2 Å². The van der Waals surface area contributed by atoms with Crippen LogP contribution in [-0.2, 0) is 0 Å². The van der Waals surface area contributed by atoms with Crippen molar-refractivity contribution in [2.45, 2.75) is 25.7 Å². The molecule has 0 bridgehead atoms. The van der Waals surface area contributed by atoms with E-state index in [1.807, 2.05) is 4.90 Å². The normalized spacial score (nSPS) is 16.1. The van der Waals surface area contributed by atoms with E-state index in [0.29, 0.717) is 5.95 Å². The van der Waals surface area contributed by atoms with Crippen molar-refractivity contribution in [1.82, 2.24) is 15.0 Å². The molecule has 0 spiro atoms. The first-order valence-electron chi connectivity index (χ1n) is 5.83. The molecule has 100 valence electrons. The number of halogens is 3. The Morgan fingerprint density at radius 1 is 1.17 bits per heavy atom. The van der Waals surface area contributed by atoms with Gasteiger partial charge in [-0.15, -0.1) is 0 Å². The Labute approximate surface area is 109 Å². The predicted octanol–water partition coefficient (Wildman–Crippen LogP) is 2.19. The first-order chi connectivity index (χ1) is 8.65. The maximum absolute atomic E-state index is 12.1. The fourth-order valence-electron chi connectivity index (χ4n) is 1.82. The summed E-state index contributed by atoms with van der Waals surface area (Å²) in [4.78, 5) is 13.9. The number of aromatic nitrogens is 3. The van der Waals surface area contributed by atoms with Gasteiger partial charge in [-0.05, 0) is 30.9 Å². The molecule has 0 radical (unpaired) electrons. The van der Waals surface area contributed by atoms with Gasteiger partial charge in [-0.2, -0.15) is 15.0 Å². The van der Waals surface area contributed by atoms with Crippen LogP contribution in [0.2, 0.25) is 5.28 Å². The van der Waals surface area contributed by atoms with Crippen LogP contribution in [0.25, 0.3) is 0 Å². The topological polar surface area (TPSA) is 53.9 Å². The largest absolute Gasteiger partial charge is 0.348 e. The van der Waals surface area contributed by atoms with Crippen LogP contribution in [0.3, 0.4) is 0 Å². The van der Waals surface area contributed by atoms with E-state index in [-0.39, 0.29) is 11.2 Å². The minimum atomic E-state index is -2.46. The SMILES string of the molecule is FC(F)CNc1nc(Cl)nc(N2CCCCC2)n1. The third-order valence-corrected chi connectivity index (χ3v) is 2.82. The molecule has 0 aliphatic carbocycles. The number of piperidine rings is 1. The fraction of sp³-hybridized carbons (Fsp3) is 0.700. The predicted molar refractivity (Wildman–Crippen MR) is 65.4 cm³/mol. The molecule has 0 saturated carbocycles. The van der Waals surface area contributed by atoms with Crippen LogP contribution < -0.4 is 10.2 Å². The Kier molecular flexibility index (Phi) is 4.46. The lowest BCUT2D eigenvalue weighted by molar-refractivity contribution is 0.163. The maximum atomic E-state index is 12.1. The molecule has 1 aliphatic rings. The third-order valence-electron chi connectivity index (χ3n) is 2.65. The molecule has 0 unspecified atom stereocenters. The summed E-state index contributed by atoms with van der Waals surface area (Å²) in [5.74, 6) is 0.544. The molecule has 2 rings (SSSR count). The molecule has 8 heteroatoms. The van der Waals surface area contributed by atoms with Gasteiger partial charge in [-0.3, -0.25) is 0 Å². The van der Waals surface area contributed by atoms with Gasteiger partial charge in [0.15, 0.2) is 0 Å². The number of alkyl halides is 2. The molecule has 1 aromatic rings. The highest BCUT2D eigenvalue weighted by atomic mass is 35.5. The van der Waals surface area contributed by atoms with Crippen LogP contribution >= 0.6 is 11.6 Å². The van der Waals surface area contributed by atoms with Gasteiger partial charge in [-0.1, -0.05) is 0 Å². The first kappa shape index (κ1) is 13.2. The van der Waals surface area contributed by atoms with Crippen molar-refractivity contribution in [3.63, 3.8) is 0 Å². The molecule has 1 fully saturated rings.